The Hall–Kier alpha value is -2.04. The van der Waals surface area contributed by atoms with Gasteiger partial charge in [0, 0.05) is 12.8 Å². The van der Waals surface area contributed by atoms with Gasteiger partial charge in [-0.2, -0.15) is 0 Å². The standard InChI is InChI=1S/C42H78NO10P/c1-3-5-7-9-11-12-13-14-15-16-17-18-19-20-21-22-23-24-25-26-28-30-32-34-41(45)53-38(36-51-54(48,49)52-37-39(43)42(46)47)35-50-40(44)33-31-29-27-10-8-6-4-2/h13-14,16-17,38-39H,3-12,15,18-37,43H2,1-2H3,(H,46,47)(H,48,49)/b14-13-,17-16-. The molecule has 11 nitrogen and oxygen atoms in total. The van der Waals surface area contributed by atoms with Crippen molar-refractivity contribution in [1.82, 2.24) is 0 Å². The normalized spacial score (nSPS) is 14.0. The summed E-state index contributed by atoms with van der Waals surface area (Å²) in [5.74, 6) is -2.38. The molecule has 12 heteroatoms. The minimum absolute atomic E-state index is 0.161. The van der Waals surface area contributed by atoms with Crippen molar-refractivity contribution in [3.8, 4) is 0 Å². The lowest BCUT2D eigenvalue weighted by Crippen LogP contribution is -2.34. The number of esters is 2. The zero-order valence-electron chi connectivity index (χ0n) is 34.1. The Morgan fingerprint density at radius 3 is 1.44 bits per heavy atom. The number of phosphoric acid groups is 1. The molecule has 0 saturated carbocycles. The Labute approximate surface area is 328 Å². The van der Waals surface area contributed by atoms with Crippen LogP contribution in [0.4, 0.5) is 0 Å². The van der Waals surface area contributed by atoms with Crippen LogP contribution in [-0.2, 0) is 37.5 Å². The van der Waals surface area contributed by atoms with Gasteiger partial charge in [0.1, 0.15) is 12.6 Å². The number of carbonyl (C=O) groups excluding carboxylic acids is 2. The van der Waals surface area contributed by atoms with E-state index in [1.54, 1.807) is 0 Å². The maximum absolute atomic E-state index is 12.6. The van der Waals surface area contributed by atoms with Crippen molar-refractivity contribution in [1.29, 1.82) is 0 Å². The molecule has 0 amide bonds. The highest BCUT2D eigenvalue weighted by atomic mass is 31.2. The van der Waals surface area contributed by atoms with Crippen LogP contribution in [0.5, 0.6) is 0 Å². The Kier molecular flexibility index (Phi) is 36.4. The Morgan fingerprint density at radius 2 is 0.981 bits per heavy atom. The molecule has 0 saturated heterocycles. The predicted octanol–water partition coefficient (Wildman–Crippen LogP) is 11.1. The largest absolute Gasteiger partial charge is 0.480 e. The summed E-state index contributed by atoms with van der Waals surface area (Å²) in [6, 6.07) is -1.52. The molecule has 0 spiro atoms. The van der Waals surface area contributed by atoms with E-state index in [4.69, 9.17) is 24.8 Å². The van der Waals surface area contributed by atoms with E-state index in [2.05, 4.69) is 42.7 Å². The number of nitrogens with two attached hydrogens (primary N) is 1. The molecule has 54 heavy (non-hydrogen) atoms. The molecular weight excluding hydrogens is 709 g/mol. The average Bonchev–Trinajstić information content (AvgIpc) is 3.14. The van der Waals surface area contributed by atoms with E-state index in [-0.39, 0.29) is 19.4 Å². The number of hydrogen-bond donors (Lipinski definition) is 3. The van der Waals surface area contributed by atoms with Gasteiger partial charge in [-0.15, -0.1) is 0 Å². The molecule has 316 valence electrons. The van der Waals surface area contributed by atoms with Crippen molar-refractivity contribution in [2.45, 2.75) is 206 Å². The molecule has 0 fully saturated rings. The van der Waals surface area contributed by atoms with Gasteiger partial charge >= 0.3 is 25.7 Å². The molecule has 0 aliphatic rings. The van der Waals surface area contributed by atoms with Crippen LogP contribution in [-0.4, -0.2) is 59.9 Å². The molecule has 0 radical (unpaired) electrons. The number of allylic oxidation sites excluding steroid dienone is 4. The number of phosphoric ester groups is 1. The molecule has 0 aromatic carbocycles. The zero-order valence-corrected chi connectivity index (χ0v) is 35.0. The third-order valence-electron chi connectivity index (χ3n) is 9.20. The van der Waals surface area contributed by atoms with E-state index in [9.17, 15) is 23.8 Å². The number of hydrogen-bond acceptors (Lipinski definition) is 9. The summed E-state index contributed by atoms with van der Waals surface area (Å²) < 4.78 is 32.5. The quantitative estimate of drug-likeness (QED) is 0.0233. The average molecular weight is 788 g/mol. The summed E-state index contributed by atoms with van der Waals surface area (Å²) in [7, 11) is -4.70. The molecule has 0 aliphatic heterocycles. The highest BCUT2D eigenvalue weighted by Crippen LogP contribution is 2.43. The predicted molar refractivity (Wildman–Crippen MR) is 217 cm³/mol. The highest BCUT2D eigenvalue weighted by molar-refractivity contribution is 7.47. The fourth-order valence-electron chi connectivity index (χ4n) is 5.80. The van der Waals surface area contributed by atoms with Crippen LogP contribution < -0.4 is 5.73 Å². The van der Waals surface area contributed by atoms with Crippen molar-refractivity contribution in [2.24, 2.45) is 5.73 Å². The van der Waals surface area contributed by atoms with Crippen molar-refractivity contribution in [3.63, 3.8) is 0 Å². The van der Waals surface area contributed by atoms with Crippen LogP contribution in [0.25, 0.3) is 0 Å². The van der Waals surface area contributed by atoms with Crippen LogP contribution in [0, 0.1) is 0 Å². The molecular formula is C42H78NO10P. The Balaban J connectivity index is 4.17. The van der Waals surface area contributed by atoms with Gasteiger partial charge in [0.15, 0.2) is 6.10 Å². The molecule has 3 unspecified atom stereocenters. The SMILES string of the molecule is CCCCCCC/C=C\C/C=C\CCCCCCCCCCCCCC(=O)OC(COC(=O)CCCCCCCCC)COP(=O)(O)OCC(N)C(=O)O. The first-order chi connectivity index (χ1) is 26.1. The zero-order chi connectivity index (χ0) is 40.0. The van der Waals surface area contributed by atoms with Crippen LogP contribution in [0.15, 0.2) is 24.3 Å². The van der Waals surface area contributed by atoms with Crippen molar-refractivity contribution < 1.29 is 47.5 Å². The van der Waals surface area contributed by atoms with Gasteiger partial charge in [-0.1, -0.05) is 160 Å². The summed E-state index contributed by atoms with van der Waals surface area (Å²) in [5, 5.41) is 8.86. The lowest BCUT2D eigenvalue weighted by atomic mass is 10.0. The molecule has 0 heterocycles. The van der Waals surface area contributed by atoms with E-state index < -0.39 is 51.1 Å². The van der Waals surface area contributed by atoms with Gasteiger partial charge in [0.25, 0.3) is 0 Å². The van der Waals surface area contributed by atoms with Crippen LogP contribution >= 0.6 is 7.82 Å². The van der Waals surface area contributed by atoms with Crippen LogP contribution in [0.2, 0.25) is 0 Å². The number of rotatable bonds is 40. The summed E-state index contributed by atoms with van der Waals surface area (Å²) in [4.78, 5) is 45.7. The minimum atomic E-state index is -4.70. The molecule has 0 aliphatic carbocycles. The number of carboxylic acids is 1. The van der Waals surface area contributed by atoms with Gasteiger partial charge in [0.05, 0.1) is 13.2 Å². The Bertz CT molecular complexity index is 1020. The van der Waals surface area contributed by atoms with E-state index in [1.165, 1.54) is 109 Å². The summed E-state index contributed by atoms with van der Waals surface area (Å²) in [5.41, 5.74) is 5.32. The fraction of sp³-hybridized carbons (Fsp3) is 0.833. The third kappa shape index (κ3) is 36.9. The fourth-order valence-corrected chi connectivity index (χ4v) is 6.58. The molecule has 3 atom stereocenters. The van der Waals surface area contributed by atoms with E-state index in [0.29, 0.717) is 12.8 Å². The van der Waals surface area contributed by atoms with E-state index in [0.717, 1.165) is 44.9 Å². The van der Waals surface area contributed by atoms with Gasteiger partial charge in [-0.25, -0.2) is 4.57 Å². The smallest absolute Gasteiger partial charge is 0.472 e. The first-order valence-corrected chi connectivity index (χ1v) is 22.9. The van der Waals surface area contributed by atoms with Crippen LogP contribution in [0.3, 0.4) is 0 Å². The van der Waals surface area contributed by atoms with Crippen LogP contribution in [0.1, 0.15) is 194 Å². The second-order valence-corrected chi connectivity index (χ2v) is 15.9. The molecule has 4 N–H and O–H groups in total. The molecule has 0 bridgehead atoms. The number of aliphatic carboxylic acids is 1. The summed E-state index contributed by atoms with van der Waals surface area (Å²) >= 11 is 0. The maximum atomic E-state index is 12.6. The lowest BCUT2D eigenvalue weighted by Gasteiger charge is -2.20. The Morgan fingerprint density at radius 1 is 0.574 bits per heavy atom. The van der Waals surface area contributed by atoms with Gasteiger partial charge in [-0.3, -0.25) is 23.4 Å². The lowest BCUT2D eigenvalue weighted by molar-refractivity contribution is -0.161. The van der Waals surface area contributed by atoms with Gasteiger partial charge in [0.2, 0.25) is 0 Å². The van der Waals surface area contributed by atoms with E-state index >= 15 is 0 Å². The first-order valence-electron chi connectivity index (χ1n) is 21.4. The maximum Gasteiger partial charge on any atom is 0.472 e. The molecule has 0 rings (SSSR count). The summed E-state index contributed by atoms with van der Waals surface area (Å²) in [6.45, 7) is 2.74. The topological polar surface area (TPSA) is 172 Å². The molecule has 0 aromatic rings. The third-order valence-corrected chi connectivity index (χ3v) is 10.2. The molecule has 0 aromatic heterocycles. The van der Waals surface area contributed by atoms with Gasteiger partial charge < -0.3 is 25.2 Å². The summed E-state index contributed by atoms with van der Waals surface area (Å²) in [6.07, 6.45) is 38.5. The van der Waals surface area contributed by atoms with Gasteiger partial charge in [-0.05, 0) is 44.9 Å². The van der Waals surface area contributed by atoms with Crippen molar-refractivity contribution >= 4 is 25.7 Å². The minimum Gasteiger partial charge on any atom is -0.480 e. The first kappa shape index (κ1) is 52.0. The second-order valence-electron chi connectivity index (χ2n) is 14.5. The van der Waals surface area contributed by atoms with Crippen molar-refractivity contribution in [3.05, 3.63) is 24.3 Å². The van der Waals surface area contributed by atoms with E-state index in [1.807, 2.05) is 0 Å². The monoisotopic (exact) mass is 788 g/mol. The van der Waals surface area contributed by atoms with Crippen molar-refractivity contribution in [2.75, 3.05) is 19.8 Å². The number of carboxylic acid groups (broad SMARTS) is 1. The second kappa shape index (κ2) is 37.9. The highest BCUT2D eigenvalue weighted by Gasteiger charge is 2.28. The number of unbranched alkanes of at least 4 members (excludes halogenated alkanes) is 22. The number of ether oxygens (including phenoxy) is 2. The number of carbonyl (C=O) groups is 3.